The van der Waals surface area contributed by atoms with Gasteiger partial charge in [-0.1, -0.05) is 17.7 Å². The van der Waals surface area contributed by atoms with E-state index in [-0.39, 0.29) is 5.91 Å². The van der Waals surface area contributed by atoms with Crippen LogP contribution in [0.3, 0.4) is 0 Å². The number of halogens is 1. The van der Waals surface area contributed by atoms with Crippen molar-refractivity contribution in [3.8, 4) is 0 Å². The van der Waals surface area contributed by atoms with Crippen LogP contribution in [0.1, 0.15) is 49.0 Å². The highest BCUT2D eigenvalue weighted by Crippen LogP contribution is 2.27. The Bertz CT molecular complexity index is 448. The Morgan fingerprint density at radius 2 is 1.89 bits per heavy atom. The Morgan fingerprint density at radius 3 is 2.44 bits per heavy atom. The van der Waals surface area contributed by atoms with Crippen LogP contribution in [0.5, 0.6) is 0 Å². The maximum atomic E-state index is 12.6. The van der Waals surface area contributed by atoms with Gasteiger partial charge in [-0.05, 0) is 57.7 Å². The molecule has 0 saturated carbocycles. The lowest BCUT2D eigenvalue weighted by atomic mass is 9.96. The maximum absolute atomic E-state index is 12.6. The van der Waals surface area contributed by atoms with E-state index < -0.39 is 0 Å². The van der Waals surface area contributed by atoms with Gasteiger partial charge in [-0.2, -0.15) is 0 Å². The zero-order valence-corrected chi connectivity index (χ0v) is 12.0. The summed E-state index contributed by atoms with van der Waals surface area (Å²) >= 11 is 6.19. The van der Waals surface area contributed by atoms with Crippen molar-refractivity contribution in [2.24, 2.45) is 0 Å². The fourth-order valence-corrected chi connectivity index (χ4v) is 3.07. The molecule has 1 aliphatic rings. The first-order valence-corrected chi connectivity index (χ1v) is 6.97. The summed E-state index contributed by atoms with van der Waals surface area (Å²) in [5.74, 6) is 0.0692. The number of amides is 1. The summed E-state index contributed by atoms with van der Waals surface area (Å²) in [4.78, 5) is 14.6. The van der Waals surface area contributed by atoms with Crippen LogP contribution in [0.25, 0.3) is 0 Å². The third-order valence-corrected chi connectivity index (χ3v) is 4.10. The SMILES string of the molecule is Cc1ccc(C(=O)N2[C@@H](C)CCC[C@@H]2C)c(Cl)c1. The topological polar surface area (TPSA) is 20.3 Å². The van der Waals surface area contributed by atoms with Gasteiger partial charge in [-0.15, -0.1) is 0 Å². The molecule has 0 unspecified atom stereocenters. The smallest absolute Gasteiger partial charge is 0.255 e. The lowest BCUT2D eigenvalue weighted by molar-refractivity contribution is 0.0511. The molecule has 0 radical (unpaired) electrons. The number of likely N-dealkylation sites (tertiary alicyclic amines) is 1. The van der Waals surface area contributed by atoms with E-state index in [4.69, 9.17) is 11.6 Å². The average molecular weight is 266 g/mol. The summed E-state index contributed by atoms with van der Waals surface area (Å²) < 4.78 is 0. The largest absolute Gasteiger partial charge is 0.333 e. The summed E-state index contributed by atoms with van der Waals surface area (Å²) in [5, 5.41) is 0.560. The average Bonchev–Trinajstić information content (AvgIpc) is 2.28. The number of hydrogen-bond acceptors (Lipinski definition) is 1. The predicted molar refractivity (Wildman–Crippen MR) is 75.1 cm³/mol. The molecule has 1 aromatic carbocycles. The van der Waals surface area contributed by atoms with Gasteiger partial charge in [0.1, 0.15) is 0 Å². The Kier molecular flexibility index (Phi) is 3.96. The molecular formula is C15H20ClNO. The van der Waals surface area contributed by atoms with Crippen LogP contribution < -0.4 is 0 Å². The van der Waals surface area contributed by atoms with Crippen LogP contribution in [0.15, 0.2) is 18.2 Å². The molecule has 1 amide bonds. The fraction of sp³-hybridized carbons (Fsp3) is 0.533. The third kappa shape index (κ3) is 2.54. The summed E-state index contributed by atoms with van der Waals surface area (Å²) in [6.45, 7) is 6.22. The molecule has 2 nitrogen and oxygen atoms in total. The van der Waals surface area contributed by atoms with Crippen LogP contribution in [0.2, 0.25) is 5.02 Å². The van der Waals surface area contributed by atoms with Gasteiger partial charge in [0.15, 0.2) is 0 Å². The van der Waals surface area contributed by atoms with E-state index in [1.807, 2.05) is 30.0 Å². The molecule has 2 atom stereocenters. The Hall–Kier alpha value is -1.02. The second-order valence-electron chi connectivity index (χ2n) is 5.32. The monoisotopic (exact) mass is 265 g/mol. The highest BCUT2D eigenvalue weighted by atomic mass is 35.5. The predicted octanol–water partition coefficient (Wildman–Crippen LogP) is 4.05. The van der Waals surface area contributed by atoms with Crippen molar-refractivity contribution in [3.63, 3.8) is 0 Å². The molecule has 1 aromatic rings. The lowest BCUT2D eigenvalue weighted by Crippen LogP contribution is -2.47. The minimum absolute atomic E-state index is 0.0692. The van der Waals surface area contributed by atoms with Crippen LogP contribution in [0, 0.1) is 6.92 Å². The molecule has 18 heavy (non-hydrogen) atoms. The number of nitrogens with zero attached hydrogens (tertiary/aromatic N) is 1. The first-order valence-electron chi connectivity index (χ1n) is 6.59. The number of aryl methyl sites for hydroxylation is 1. The molecule has 1 saturated heterocycles. The van der Waals surface area contributed by atoms with E-state index in [9.17, 15) is 4.79 Å². The fourth-order valence-electron chi connectivity index (χ4n) is 2.75. The summed E-state index contributed by atoms with van der Waals surface area (Å²) in [7, 11) is 0. The van der Waals surface area contributed by atoms with Gasteiger partial charge in [0.2, 0.25) is 0 Å². The Morgan fingerprint density at radius 1 is 1.28 bits per heavy atom. The Balaban J connectivity index is 2.29. The quantitative estimate of drug-likeness (QED) is 0.750. The molecule has 3 heteroatoms. The van der Waals surface area contributed by atoms with Gasteiger partial charge in [-0.25, -0.2) is 0 Å². The highest BCUT2D eigenvalue weighted by molar-refractivity contribution is 6.33. The second-order valence-corrected chi connectivity index (χ2v) is 5.73. The number of carbonyl (C=O) groups excluding carboxylic acids is 1. The van der Waals surface area contributed by atoms with Crippen LogP contribution in [-0.2, 0) is 0 Å². The van der Waals surface area contributed by atoms with Gasteiger partial charge < -0.3 is 4.90 Å². The first kappa shape index (κ1) is 13.4. The minimum Gasteiger partial charge on any atom is -0.333 e. The minimum atomic E-state index is 0.0692. The van der Waals surface area contributed by atoms with Crippen molar-refractivity contribution in [3.05, 3.63) is 34.3 Å². The summed E-state index contributed by atoms with van der Waals surface area (Å²) in [6.07, 6.45) is 3.37. The number of piperidine rings is 1. The Labute approximate surface area is 114 Å². The van der Waals surface area contributed by atoms with Crippen LogP contribution in [-0.4, -0.2) is 22.9 Å². The molecule has 98 valence electrons. The van der Waals surface area contributed by atoms with Gasteiger partial charge in [-0.3, -0.25) is 4.79 Å². The van der Waals surface area contributed by atoms with E-state index in [0.29, 0.717) is 22.7 Å². The summed E-state index contributed by atoms with van der Waals surface area (Å²) in [5.41, 5.74) is 1.71. The molecule has 0 bridgehead atoms. The first-order chi connectivity index (χ1) is 8.50. The number of benzene rings is 1. The molecule has 1 fully saturated rings. The van der Waals surface area contributed by atoms with Crippen LogP contribution >= 0.6 is 11.6 Å². The molecule has 0 aliphatic carbocycles. The lowest BCUT2D eigenvalue weighted by Gasteiger charge is -2.39. The molecular weight excluding hydrogens is 246 g/mol. The van der Waals surface area contributed by atoms with Crippen molar-refractivity contribution in [1.82, 2.24) is 4.90 Å². The maximum Gasteiger partial charge on any atom is 0.255 e. The van der Waals surface area contributed by atoms with E-state index in [0.717, 1.165) is 18.4 Å². The molecule has 2 rings (SSSR count). The van der Waals surface area contributed by atoms with E-state index in [1.165, 1.54) is 6.42 Å². The van der Waals surface area contributed by atoms with E-state index in [2.05, 4.69) is 13.8 Å². The number of carbonyl (C=O) groups is 1. The van der Waals surface area contributed by atoms with Crippen molar-refractivity contribution in [1.29, 1.82) is 0 Å². The van der Waals surface area contributed by atoms with Gasteiger partial charge >= 0.3 is 0 Å². The molecule has 0 spiro atoms. The van der Waals surface area contributed by atoms with Crippen molar-refractivity contribution >= 4 is 17.5 Å². The molecule has 1 heterocycles. The van der Waals surface area contributed by atoms with Gasteiger partial charge in [0.05, 0.1) is 10.6 Å². The molecule has 0 N–H and O–H groups in total. The zero-order chi connectivity index (χ0) is 13.3. The van der Waals surface area contributed by atoms with Crippen molar-refractivity contribution in [2.45, 2.75) is 52.1 Å². The highest BCUT2D eigenvalue weighted by Gasteiger charge is 2.30. The number of rotatable bonds is 1. The third-order valence-electron chi connectivity index (χ3n) is 3.78. The van der Waals surface area contributed by atoms with Crippen LogP contribution in [0.4, 0.5) is 0 Å². The van der Waals surface area contributed by atoms with Gasteiger partial charge in [0, 0.05) is 12.1 Å². The zero-order valence-electron chi connectivity index (χ0n) is 11.2. The summed E-state index contributed by atoms with van der Waals surface area (Å²) in [6, 6.07) is 6.25. The van der Waals surface area contributed by atoms with Gasteiger partial charge in [0.25, 0.3) is 5.91 Å². The van der Waals surface area contributed by atoms with Crippen molar-refractivity contribution in [2.75, 3.05) is 0 Å². The van der Waals surface area contributed by atoms with Crippen molar-refractivity contribution < 1.29 is 4.79 Å². The second kappa shape index (κ2) is 5.31. The molecule has 1 aliphatic heterocycles. The molecule has 0 aromatic heterocycles. The number of hydrogen-bond donors (Lipinski definition) is 0. The van der Waals surface area contributed by atoms with E-state index in [1.54, 1.807) is 0 Å². The van der Waals surface area contributed by atoms with E-state index >= 15 is 0 Å². The normalized spacial score (nSPS) is 24.1. The standard InChI is InChI=1S/C15H20ClNO/c1-10-7-8-13(14(16)9-10)15(18)17-11(2)5-4-6-12(17)3/h7-9,11-12H,4-6H2,1-3H3/t11-,12-/m0/s1.